The van der Waals surface area contributed by atoms with E-state index in [4.69, 9.17) is 16.9 Å². The van der Waals surface area contributed by atoms with Crippen molar-refractivity contribution in [3.63, 3.8) is 0 Å². The third-order valence-corrected chi connectivity index (χ3v) is 2.39. The Morgan fingerprint density at radius 3 is 2.79 bits per heavy atom. The van der Waals surface area contributed by atoms with E-state index in [1.807, 2.05) is 6.92 Å². The Morgan fingerprint density at radius 2 is 2.29 bits per heavy atom. The molecule has 1 aromatic carbocycles. The van der Waals surface area contributed by atoms with Crippen molar-refractivity contribution in [2.75, 3.05) is 0 Å². The summed E-state index contributed by atoms with van der Waals surface area (Å²) in [5, 5.41) is 19.1. The molecular weight excluding hydrogens is 198 g/mol. The van der Waals surface area contributed by atoms with Gasteiger partial charge < -0.3 is 5.11 Å². The van der Waals surface area contributed by atoms with Crippen LogP contribution in [0.4, 0.5) is 0 Å². The zero-order chi connectivity index (χ0) is 10.6. The molecule has 1 N–H and O–H groups in total. The molecule has 0 saturated heterocycles. The maximum Gasteiger partial charge on any atom is 0.0972 e. The average Bonchev–Trinajstić information content (AvgIpc) is 2.19. The molecule has 14 heavy (non-hydrogen) atoms. The van der Waals surface area contributed by atoms with E-state index in [0.717, 1.165) is 5.56 Å². The molecule has 0 bridgehead atoms. The van der Waals surface area contributed by atoms with Crippen LogP contribution >= 0.6 is 11.6 Å². The first-order valence-electron chi connectivity index (χ1n) is 4.52. The van der Waals surface area contributed by atoms with E-state index in [1.54, 1.807) is 24.3 Å². The molecule has 2 atom stereocenters. The summed E-state index contributed by atoms with van der Waals surface area (Å²) in [6, 6.07) is 9.14. The number of halogens is 1. The highest BCUT2D eigenvalue weighted by molar-refractivity contribution is 6.30. The summed E-state index contributed by atoms with van der Waals surface area (Å²) < 4.78 is 0. The third kappa shape index (κ3) is 2.47. The van der Waals surface area contributed by atoms with Gasteiger partial charge in [0.2, 0.25) is 0 Å². The van der Waals surface area contributed by atoms with Crippen LogP contribution in [-0.4, -0.2) is 11.2 Å². The molecule has 0 aliphatic carbocycles. The van der Waals surface area contributed by atoms with E-state index in [-0.39, 0.29) is 0 Å². The van der Waals surface area contributed by atoms with E-state index in [1.165, 1.54) is 0 Å². The van der Waals surface area contributed by atoms with Crippen molar-refractivity contribution >= 4 is 11.6 Å². The normalized spacial score (nSPS) is 14.4. The SMILES string of the molecule is CCC(O)C(C#N)c1cccc(Cl)c1. The Bertz CT molecular complexity index is 345. The van der Waals surface area contributed by atoms with E-state index < -0.39 is 12.0 Å². The number of aliphatic hydroxyl groups is 1. The number of nitrogens with zero attached hydrogens (tertiary/aromatic N) is 1. The lowest BCUT2D eigenvalue weighted by molar-refractivity contribution is 0.157. The number of aliphatic hydroxyl groups excluding tert-OH is 1. The molecule has 0 saturated carbocycles. The number of nitriles is 1. The highest BCUT2D eigenvalue weighted by Crippen LogP contribution is 2.23. The summed E-state index contributed by atoms with van der Waals surface area (Å²) >= 11 is 5.80. The molecule has 0 aromatic heterocycles. The van der Waals surface area contributed by atoms with E-state index in [9.17, 15) is 5.11 Å². The lowest BCUT2D eigenvalue weighted by atomic mass is 9.93. The summed E-state index contributed by atoms with van der Waals surface area (Å²) in [6.07, 6.45) is -0.0662. The molecule has 0 heterocycles. The van der Waals surface area contributed by atoms with Gasteiger partial charge in [0, 0.05) is 5.02 Å². The lowest BCUT2D eigenvalue weighted by Crippen LogP contribution is -2.15. The second-order valence-electron chi connectivity index (χ2n) is 3.14. The van der Waals surface area contributed by atoms with E-state index >= 15 is 0 Å². The Labute approximate surface area is 88.7 Å². The predicted octanol–water partition coefficient (Wildman–Crippen LogP) is 2.72. The first-order valence-corrected chi connectivity index (χ1v) is 4.90. The third-order valence-electron chi connectivity index (χ3n) is 2.15. The molecule has 0 spiro atoms. The van der Waals surface area contributed by atoms with Crippen molar-refractivity contribution in [3.05, 3.63) is 34.9 Å². The molecule has 0 fully saturated rings. The minimum absolute atomic E-state index is 0.487. The summed E-state index contributed by atoms with van der Waals surface area (Å²) in [5.74, 6) is -0.487. The van der Waals surface area contributed by atoms with E-state index in [2.05, 4.69) is 6.07 Å². The van der Waals surface area contributed by atoms with Crippen LogP contribution in [0.2, 0.25) is 5.02 Å². The predicted molar refractivity (Wildman–Crippen MR) is 56.1 cm³/mol. The lowest BCUT2D eigenvalue weighted by Gasteiger charge is -2.14. The van der Waals surface area contributed by atoms with Gasteiger partial charge in [-0.2, -0.15) is 5.26 Å². The van der Waals surface area contributed by atoms with Crippen LogP contribution in [0.1, 0.15) is 24.8 Å². The summed E-state index contributed by atoms with van der Waals surface area (Å²) in [5.41, 5.74) is 0.773. The first kappa shape index (κ1) is 11.0. The molecule has 3 heteroatoms. The minimum Gasteiger partial charge on any atom is -0.391 e. The van der Waals surface area contributed by atoms with Crippen molar-refractivity contribution in [3.8, 4) is 6.07 Å². The molecule has 0 aliphatic heterocycles. The number of benzene rings is 1. The van der Waals surface area contributed by atoms with Gasteiger partial charge in [-0.25, -0.2) is 0 Å². The molecule has 2 nitrogen and oxygen atoms in total. The summed E-state index contributed by atoms with van der Waals surface area (Å²) in [6.45, 7) is 1.85. The first-order chi connectivity index (χ1) is 6.69. The van der Waals surface area contributed by atoms with Crippen molar-refractivity contribution in [1.29, 1.82) is 5.26 Å². The highest BCUT2D eigenvalue weighted by atomic mass is 35.5. The fourth-order valence-corrected chi connectivity index (χ4v) is 1.52. The molecule has 74 valence electrons. The van der Waals surface area contributed by atoms with Crippen LogP contribution in [0.3, 0.4) is 0 Å². The zero-order valence-corrected chi connectivity index (χ0v) is 8.70. The smallest absolute Gasteiger partial charge is 0.0972 e. The van der Waals surface area contributed by atoms with Gasteiger partial charge in [-0.1, -0.05) is 30.7 Å². The van der Waals surface area contributed by atoms with Crippen LogP contribution < -0.4 is 0 Å². The summed E-state index contributed by atoms with van der Waals surface area (Å²) in [7, 11) is 0. The minimum atomic E-state index is -0.626. The molecule has 1 aromatic rings. The van der Waals surface area contributed by atoms with Crippen LogP contribution in [0.15, 0.2) is 24.3 Å². The quantitative estimate of drug-likeness (QED) is 0.832. The average molecular weight is 210 g/mol. The van der Waals surface area contributed by atoms with Gasteiger partial charge in [-0.3, -0.25) is 0 Å². The second-order valence-corrected chi connectivity index (χ2v) is 3.57. The van der Waals surface area contributed by atoms with Crippen molar-refractivity contribution in [1.82, 2.24) is 0 Å². The Hall–Kier alpha value is -1.04. The topological polar surface area (TPSA) is 44.0 Å². The fraction of sp³-hybridized carbons (Fsp3) is 0.364. The van der Waals surface area contributed by atoms with Crippen molar-refractivity contribution in [2.24, 2.45) is 0 Å². The van der Waals surface area contributed by atoms with Gasteiger partial charge in [0.25, 0.3) is 0 Å². The summed E-state index contributed by atoms with van der Waals surface area (Å²) in [4.78, 5) is 0. The molecule has 2 unspecified atom stereocenters. The standard InChI is InChI=1S/C11H12ClNO/c1-2-11(14)10(7-13)8-4-3-5-9(12)6-8/h3-6,10-11,14H,2H2,1H3. The number of hydrogen-bond donors (Lipinski definition) is 1. The zero-order valence-electron chi connectivity index (χ0n) is 7.94. The van der Waals surface area contributed by atoms with Gasteiger partial charge in [0.1, 0.15) is 0 Å². The Morgan fingerprint density at radius 1 is 1.57 bits per heavy atom. The van der Waals surface area contributed by atoms with Gasteiger partial charge in [0.15, 0.2) is 0 Å². The maximum absolute atomic E-state index is 9.60. The highest BCUT2D eigenvalue weighted by Gasteiger charge is 2.18. The van der Waals surface area contributed by atoms with Gasteiger partial charge in [0.05, 0.1) is 18.1 Å². The van der Waals surface area contributed by atoms with Crippen LogP contribution in [0, 0.1) is 11.3 Å². The second kappa shape index (κ2) is 4.99. The van der Waals surface area contributed by atoms with Gasteiger partial charge in [-0.05, 0) is 24.1 Å². The molecule has 0 aliphatic rings. The van der Waals surface area contributed by atoms with Crippen LogP contribution in [0.25, 0.3) is 0 Å². The largest absolute Gasteiger partial charge is 0.391 e. The molecular formula is C11H12ClNO. The fourth-order valence-electron chi connectivity index (χ4n) is 1.32. The number of hydrogen-bond acceptors (Lipinski definition) is 2. The van der Waals surface area contributed by atoms with Crippen LogP contribution in [0.5, 0.6) is 0 Å². The number of rotatable bonds is 3. The van der Waals surface area contributed by atoms with Crippen molar-refractivity contribution < 1.29 is 5.11 Å². The maximum atomic E-state index is 9.60. The van der Waals surface area contributed by atoms with Gasteiger partial charge >= 0.3 is 0 Å². The van der Waals surface area contributed by atoms with Gasteiger partial charge in [-0.15, -0.1) is 0 Å². The van der Waals surface area contributed by atoms with Crippen LogP contribution in [-0.2, 0) is 0 Å². The monoisotopic (exact) mass is 209 g/mol. The molecule has 0 amide bonds. The molecule has 0 radical (unpaired) electrons. The Kier molecular flexibility index (Phi) is 3.94. The van der Waals surface area contributed by atoms with E-state index in [0.29, 0.717) is 11.4 Å². The Balaban J connectivity index is 2.96. The molecule has 1 rings (SSSR count). The van der Waals surface area contributed by atoms with Crippen molar-refractivity contribution in [2.45, 2.75) is 25.4 Å².